The number of carbonyl (C=O) groups excluding carboxylic acids is 2. The summed E-state index contributed by atoms with van der Waals surface area (Å²) in [4.78, 5) is 26.1. The predicted molar refractivity (Wildman–Crippen MR) is 82.1 cm³/mol. The van der Waals surface area contributed by atoms with E-state index in [0.717, 1.165) is 0 Å². The molecule has 124 valence electrons. The van der Waals surface area contributed by atoms with Crippen molar-refractivity contribution in [3.8, 4) is 0 Å². The summed E-state index contributed by atoms with van der Waals surface area (Å²) in [6.45, 7) is 2.73. The van der Waals surface area contributed by atoms with Gasteiger partial charge in [0.15, 0.2) is 0 Å². The average molecular weight is 320 g/mol. The minimum absolute atomic E-state index is 0.0579. The van der Waals surface area contributed by atoms with Crippen molar-refractivity contribution in [1.29, 1.82) is 0 Å². The highest BCUT2D eigenvalue weighted by molar-refractivity contribution is 5.92. The molecule has 0 aromatic heterocycles. The van der Waals surface area contributed by atoms with E-state index >= 15 is 0 Å². The van der Waals surface area contributed by atoms with Crippen LogP contribution in [0.1, 0.15) is 12.0 Å². The van der Waals surface area contributed by atoms with Crippen LogP contribution in [-0.2, 0) is 20.7 Å². The van der Waals surface area contributed by atoms with E-state index in [0.29, 0.717) is 51.3 Å². The molecule has 1 saturated heterocycles. The highest BCUT2D eigenvalue weighted by Crippen LogP contribution is 2.40. The van der Waals surface area contributed by atoms with Crippen LogP contribution in [0, 0.1) is 17.7 Å². The predicted octanol–water partition coefficient (Wildman–Crippen LogP) is 0.979. The number of benzene rings is 1. The van der Waals surface area contributed by atoms with E-state index in [1.54, 1.807) is 23.1 Å². The molecule has 2 amide bonds. The Labute approximate surface area is 134 Å². The van der Waals surface area contributed by atoms with Gasteiger partial charge in [0.05, 0.1) is 25.0 Å². The molecular formula is C17H21FN2O3. The monoisotopic (exact) mass is 320 g/mol. The van der Waals surface area contributed by atoms with E-state index < -0.39 is 0 Å². The third-order valence-electron chi connectivity index (χ3n) is 4.42. The number of morpholine rings is 1. The van der Waals surface area contributed by atoms with Crippen molar-refractivity contribution < 1.29 is 18.7 Å². The normalized spacial score (nSPS) is 23.4. The maximum Gasteiger partial charge on any atom is 0.226 e. The molecule has 2 unspecified atom stereocenters. The van der Waals surface area contributed by atoms with Crippen molar-refractivity contribution in [2.45, 2.75) is 12.8 Å². The van der Waals surface area contributed by atoms with Crippen LogP contribution in [0.4, 0.5) is 4.39 Å². The molecule has 0 radical (unpaired) electrons. The molecule has 23 heavy (non-hydrogen) atoms. The highest BCUT2D eigenvalue weighted by atomic mass is 19.1. The van der Waals surface area contributed by atoms with E-state index in [9.17, 15) is 14.0 Å². The van der Waals surface area contributed by atoms with Crippen LogP contribution in [0.2, 0.25) is 0 Å². The van der Waals surface area contributed by atoms with Crippen molar-refractivity contribution in [2.24, 2.45) is 11.8 Å². The second-order valence-corrected chi connectivity index (χ2v) is 6.02. The zero-order chi connectivity index (χ0) is 16.2. The van der Waals surface area contributed by atoms with Crippen molar-refractivity contribution in [2.75, 3.05) is 32.8 Å². The molecule has 0 bridgehead atoms. The standard InChI is InChI=1S/C17H21FN2O3/c18-15-4-2-1-3-12(15)5-6-19-16(21)13-11-14(13)17(22)20-7-9-23-10-8-20/h1-4,13-14H,5-11H2,(H,19,21). The van der Waals surface area contributed by atoms with Gasteiger partial charge >= 0.3 is 0 Å². The van der Waals surface area contributed by atoms with Gasteiger partial charge in [0.2, 0.25) is 11.8 Å². The Morgan fingerprint density at radius 1 is 1.22 bits per heavy atom. The number of nitrogens with one attached hydrogen (secondary N) is 1. The topological polar surface area (TPSA) is 58.6 Å². The lowest BCUT2D eigenvalue weighted by Crippen LogP contribution is -2.42. The number of halogens is 1. The summed E-state index contributed by atoms with van der Waals surface area (Å²) in [5.74, 6) is -0.725. The SMILES string of the molecule is O=C(NCCc1ccccc1F)C1CC1C(=O)N1CCOCC1. The fraction of sp³-hybridized carbons (Fsp3) is 0.529. The van der Waals surface area contributed by atoms with Crippen LogP contribution >= 0.6 is 0 Å². The summed E-state index contributed by atoms with van der Waals surface area (Å²) in [6.07, 6.45) is 1.06. The molecule has 1 aliphatic heterocycles. The molecule has 5 nitrogen and oxygen atoms in total. The van der Waals surface area contributed by atoms with Gasteiger partial charge in [-0.3, -0.25) is 9.59 Å². The van der Waals surface area contributed by atoms with Crippen LogP contribution in [0.15, 0.2) is 24.3 Å². The third kappa shape index (κ3) is 3.88. The van der Waals surface area contributed by atoms with E-state index in [2.05, 4.69) is 5.32 Å². The Kier molecular flexibility index (Phi) is 4.91. The fourth-order valence-electron chi connectivity index (χ4n) is 2.93. The van der Waals surface area contributed by atoms with Crippen LogP contribution in [0.3, 0.4) is 0 Å². The molecule has 0 spiro atoms. The minimum atomic E-state index is -0.256. The summed E-state index contributed by atoms with van der Waals surface area (Å²) in [5, 5.41) is 2.81. The molecule has 1 aromatic carbocycles. The Hall–Kier alpha value is -1.95. The minimum Gasteiger partial charge on any atom is -0.378 e. The van der Waals surface area contributed by atoms with E-state index in [-0.39, 0.29) is 29.5 Å². The third-order valence-corrected chi connectivity index (χ3v) is 4.42. The van der Waals surface area contributed by atoms with Gasteiger partial charge in [-0.1, -0.05) is 18.2 Å². The molecule has 2 atom stereocenters. The van der Waals surface area contributed by atoms with Gasteiger partial charge in [-0.25, -0.2) is 4.39 Å². The molecule has 3 rings (SSSR count). The number of nitrogens with zero attached hydrogens (tertiary/aromatic N) is 1. The smallest absolute Gasteiger partial charge is 0.226 e. The largest absolute Gasteiger partial charge is 0.378 e. The Bertz CT molecular complexity index is 587. The molecule has 2 fully saturated rings. The Balaban J connectivity index is 1.42. The molecule has 1 N–H and O–H groups in total. The van der Waals surface area contributed by atoms with Gasteiger partial charge in [0.1, 0.15) is 5.82 Å². The van der Waals surface area contributed by atoms with Gasteiger partial charge in [-0.2, -0.15) is 0 Å². The number of amides is 2. The first-order valence-corrected chi connectivity index (χ1v) is 8.04. The van der Waals surface area contributed by atoms with Crippen LogP contribution < -0.4 is 5.32 Å². The zero-order valence-corrected chi connectivity index (χ0v) is 13.0. The van der Waals surface area contributed by atoms with Crippen molar-refractivity contribution in [3.05, 3.63) is 35.6 Å². The second-order valence-electron chi connectivity index (χ2n) is 6.02. The van der Waals surface area contributed by atoms with Gasteiger partial charge in [-0.15, -0.1) is 0 Å². The molecule has 2 aliphatic rings. The molecule has 1 heterocycles. The van der Waals surface area contributed by atoms with Gasteiger partial charge in [-0.05, 0) is 24.5 Å². The zero-order valence-electron chi connectivity index (χ0n) is 13.0. The maximum atomic E-state index is 13.5. The number of rotatable bonds is 5. The molecule has 1 saturated carbocycles. The number of hydrogen-bond acceptors (Lipinski definition) is 3. The first-order chi connectivity index (χ1) is 11.2. The van der Waals surface area contributed by atoms with Crippen LogP contribution in [-0.4, -0.2) is 49.6 Å². The summed E-state index contributed by atoms with van der Waals surface area (Å²) >= 11 is 0. The number of ether oxygens (including phenoxy) is 1. The summed E-state index contributed by atoms with van der Waals surface area (Å²) in [7, 11) is 0. The van der Waals surface area contributed by atoms with E-state index in [1.807, 2.05) is 0 Å². The first kappa shape index (κ1) is 15.9. The van der Waals surface area contributed by atoms with Crippen molar-refractivity contribution in [3.63, 3.8) is 0 Å². The van der Waals surface area contributed by atoms with Crippen molar-refractivity contribution in [1.82, 2.24) is 10.2 Å². The summed E-state index contributed by atoms with van der Waals surface area (Å²) < 4.78 is 18.7. The van der Waals surface area contributed by atoms with E-state index in [1.165, 1.54) is 6.07 Å². The second kappa shape index (κ2) is 7.08. The number of carbonyl (C=O) groups is 2. The lowest BCUT2D eigenvalue weighted by Gasteiger charge is -2.27. The summed E-state index contributed by atoms with van der Waals surface area (Å²) in [6, 6.07) is 6.54. The van der Waals surface area contributed by atoms with Gasteiger partial charge in [0, 0.05) is 19.6 Å². The highest BCUT2D eigenvalue weighted by Gasteiger charge is 2.49. The Morgan fingerprint density at radius 3 is 2.70 bits per heavy atom. The average Bonchev–Trinajstić information content (AvgIpc) is 3.37. The quantitative estimate of drug-likeness (QED) is 0.880. The van der Waals surface area contributed by atoms with Crippen LogP contribution in [0.25, 0.3) is 0 Å². The Morgan fingerprint density at radius 2 is 1.96 bits per heavy atom. The van der Waals surface area contributed by atoms with Gasteiger partial charge in [0.25, 0.3) is 0 Å². The molecule has 1 aromatic rings. The molecule has 6 heteroatoms. The molecule has 1 aliphatic carbocycles. The summed E-state index contributed by atoms with van der Waals surface area (Å²) in [5.41, 5.74) is 0.588. The molecular weight excluding hydrogens is 299 g/mol. The lowest BCUT2D eigenvalue weighted by molar-refractivity contribution is -0.138. The lowest BCUT2D eigenvalue weighted by atomic mass is 10.1. The number of hydrogen-bond donors (Lipinski definition) is 1. The van der Waals surface area contributed by atoms with E-state index in [4.69, 9.17) is 4.74 Å². The maximum absolute atomic E-state index is 13.5. The fourth-order valence-corrected chi connectivity index (χ4v) is 2.93. The van der Waals surface area contributed by atoms with Gasteiger partial charge < -0.3 is 15.0 Å². The van der Waals surface area contributed by atoms with Crippen LogP contribution in [0.5, 0.6) is 0 Å². The van der Waals surface area contributed by atoms with Crippen molar-refractivity contribution >= 4 is 11.8 Å². The first-order valence-electron chi connectivity index (χ1n) is 8.04.